The molecule has 5 aliphatic rings. The molecule has 5 atom stereocenters. The maximum Gasteiger partial charge on any atom is 0.514 e. The fourth-order valence-corrected chi connectivity index (χ4v) is 9.02. The summed E-state index contributed by atoms with van der Waals surface area (Å²) < 4.78 is 49.4. The molecule has 1 aromatic heterocycles. The summed E-state index contributed by atoms with van der Waals surface area (Å²) in [5.74, 6) is 0.431. The van der Waals surface area contributed by atoms with E-state index < -0.39 is 66.0 Å². The summed E-state index contributed by atoms with van der Waals surface area (Å²) in [7, 11) is -0.480. The van der Waals surface area contributed by atoms with Gasteiger partial charge >= 0.3 is 31.4 Å². The van der Waals surface area contributed by atoms with Gasteiger partial charge in [0, 0.05) is 25.8 Å². The average Bonchev–Trinajstić information content (AvgIpc) is 3.71. The van der Waals surface area contributed by atoms with Gasteiger partial charge in [-0.05, 0) is 144 Å². The number of esters is 1. The lowest BCUT2D eigenvalue weighted by atomic mass is 9.43. The Balaban J connectivity index is 1.22. The molecule has 63 heavy (non-hydrogen) atoms. The zero-order valence-electron chi connectivity index (χ0n) is 40.0. The minimum absolute atomic E-state index is 0.00446. The summed E-state index contributed by atoms with van der Waals surface area (Å²) in [6.45, 7) is 29.0. The molecule has 16 nitrogen and oxygen atoms in total. The van der Waals surface area contributed by atoms with E-state index >= 15 is 0 Å². The molecule has 2 aromatic rings. The third-order valence-corrected chi connectivity index (χ3v) is 11.9. The number of alkyl carbamates (subject to hydrolysis) is 1. The summed E-state index contributed by atoms with van der Waals surface area (Å²) in [6.07, 6.45) is 3.12. The van der Waals surface area contributed by atoms with Gasteiger partial charge in [0.2, 0.25) is 0 Å². The second-order valence-electron chi connectivity index (χ2n) is 22.3. The lowest BCUT2D eigenvalue weighted by molar-refractivity contribution is -0.199. The highest BCUT2D eigenvalue weighted by Gasteiger charge is 2.67. The smallest absolute Gasteiger partial charge is 0.487 e. The first-order chi connectivity index (χ1) is 28.9. The highest BCUT2D eigenvalue weighted by Crippen LogP contribution is 2.65. The number of nitrogens with zero attached hydrogens (tertiary/aromatic N) is 3. The Morgan fingerprint density at radius 1 is 0.873 bits per heavy atom. The highest BCUT2D eigenvalue weighted by atomic mass is 16.7. The molecular formula is C46H69BN4O12. The Morgan fingerprint density at radius 2 is 1.51 bits per heavy atom. The van der Waals surface area contributed by atoms with Crippen LogP contribution in [-0.4, -0.2) is 106 Å². The monoisotopic (exact) mass is 881 g/mol. The van der Waals surface area contributed by atoms with Crippen LogP contribution in [-0.2, 0) is 34.7 Å². The van der Waals surface area contributed by atoms with Gasteiger partial charge in [-0.25, -0.2) is 28.7 Å². The first-order valence-electron chi connectivity index (χ1n) is 22.2. The molecule has 1 N–H and O–H groups in total. The van der Waals surface area contributed by atoms with Crippen molar-refractivity contribution in [1.29, 1.82) is 0 Å². The summed E-state index contributed by atoms with van der Waals surface area (Å²) >= 11 is 0. The zero-order valence-corrected chi connectivity index (χ0v) is 40.0. The topological polar surface area (TPSA) is 175 Å². The van der Waals surface area contributed by atoms with E-state index in [4.69, 9.17) is 37.7 Å². The molecule has 2 saturated heterocycles. The van der Waals surface area contributed by atoms with Gasteiger partial charge in [0.1, 0.15) is 46.1 Å². The third kappa shape index (κ3) is 11.7. The average molecular weight is 881 g/mol. The summed E-state index contributed by atoms with van der Waals surface area (Å²) in [5.41, 5.74) is -2.49. The number of likely N-dealkylation sites (tertiary alicyclic amines) is 1. The highest BCUT2D eigenvalue weighted by molar-refractivity contribution is 6.45. The molecule has 0 radical (unpaired) electrons. The fourth-order valence-electron chi connectivity index (χ4n) is 9.02. The van der Waals surface area contributed by atoms with Crippen LogP contribution >= 0.6 is 0 Å². The van der Waals surface area contributed by atoms with Crippen molar-refractivity contribution in [2.24, 2.45) is 17.3 Å². The van der Waals surface area contributed by atoms with Crippen molar-refractivity contribution < 1.29 is 56.9 Å². The first kappa shape index (κ1) is 48.1. The molecule has 1 amide bonds. The van der Waals surface area contributed by atoms with Crippen LogP contribution in [0, 0.1) is 17.3 Å². The van der Waals surface area contributed by atoms with Gasteiger partial charge in [0.25, 0.3) is 0 Å². The van der Waals surface area contributed by atoms with Crippen molar-refractivity contribution >= 4 is 31.4 Å². The Hall–Kier alpha value is -4.35. The maximum atomic E-state index is 14.2. The first-order valence-corrected chi connectivity index (χ1v) is 22.2. The van der Waals surface area contributed by atoms with Crippen LogP contribution in [0.3, 0.4) is 0 Å². The number of amides is 1. The molecule has 0 spiro atoms. The Labute approximate surface area is 372 Å². The van der Waals surface area contributed by atoms with E-state index in [1.165, 1.54) is 17.1 Å². The lowest BCUT2D eigenvalue weighted by Gasteiger charge is -2.64. The lowest BCUT2D eigenvalue weighted by Crippen LogP contribution is -2.65. The van der Waals surface area contributed by atoms with Crippen LogP contribution in [0.5, 0.6) is 11.5 Å². The number of ether oxygens (including phenoxy) is 6. The molecule has 348 valence electrons. The molecular weight excluding hydrogens is 811 g/mol. The van der Waals surface area contributed by atoms with Gasteiger partial charge in [0.05, 0.1) is 23.4 Å². The summed E-state index contributed by atoms with van der Waals surface area (Å²) in [5, 5.41) is 2.89. The standard InChI is InChI=1S/C46H69BN4O12/c1-41(2,3)58-37(52)35-32(56-29-22-50(23-29)24-31(49-38(53)59-42(4,5)6)30-25-51(26-48-30)39(54)60-43(7,8)9)17-16-27(36(35)57-40(55)61-44(10,11)12)18-19-47-62-34-21-28-20-33(45(28,13)14)46(34,15)63-47/h16-17,25-26,28-29,31,33-34H,18-24H2,1-15H3,(H,49,53)/t28-,31?,33-,34+,46-/m0/s1. The summed E-state index contributed by atoms with van der Waals surface area (Å²) in [6, 6.07) is 2.81. The van der Waals surface area contributed by atoms with E-state index in [0.29, 0.717) is 55.5 Å². The predicted octanol–water partition coefficient (Wildman–Crippen LogP) is 8.54. The second kappa shape index (κ2) is 17.2. The van der Waals surface area contributed by atoms with Gasteiger partial charge in [-0.3, -0.25) is 4.90 Å². The quantitative estimate of drug-likeness (QED) is 0.0984. The number of hydrogen-bond acceptors (Lipinski definition) is 14. The van der Waals surface area contributed by atoms with Crippen LogP contribution < -0.4 is 14.8 Å². The predicted molar refractivity (Wildman–Crippen MR) is 234 cm³/mol. The van der Waals surface area contributed by atoms with Crippen LogP contribution in [0.2, 0.25) is 6.32 Å². The molecule has 17 heteroatoms. The Bertz CT molecular complexity index is 2040. The minimum Gasteiger partial charge on any atom is -0.487 e. The Morgan fingerprint density at radius 3 is 2.11 bits per heavy atom. The van der Waals surface area contributed by atoms with E-state index in [-0.39, 0.29) is 34.2 Å². The number of carbonyl (C=O) groups is 4. The van der Waals surface area contributed by atoms with Crippen molar-refractivity contribution in [3.63, 3.8) is 0 Å². The largest absolute Gasteiger partial charge is 0.514 e. The van der Waals surface area contributed by atoms with Crippen molar-refractivity contribution in [1.82, 2.24) is 19.8 Å². The van der Waals surface area contributed by atoms with Crippen LogP contribution in [0.1, 0.15) is 144 Å². The van der Waals surface area contributed by atoms with Crippen LogP contribution in [0.4, 0.5) is 14.4 Å². The molecule has 3 heterocycles. The van der Waals surface area contributed by atoms with E-state index in [1.807, 2.05) is 4.90 Å². The molecule has 5 fully saturated rings. The molecule has 7 rings (SSSR count). The number of benzene rings is 1. The molecule has 2 aliphatic heterocycles. The van der Waals surface area contributed by atoms with Crippen LogP contribution in [0.15, 0.2) is 24.7 Å². The van der Waals surface area contributed by atoms with E-state index in [0.717, 1.165) is 12.8 Å². The summed E-state index contributed by atoms with van der Waals surface area (Å²) in [4.78, 5) is 59.8. The third-order valence-electron chi connectivity index (χ3n) is 11.9. The van der Waals surface area contributed by atoms with Crippen molar-refractivity contribution in [3.05, 3.63) is 41.5 Å². The van der Waals surface area contributed by atoms with Gasteiger partial charge in [-0.2, -0.15) is 0 Å². The van der Waals surface area contributed by atoms with Gasteiger partial charge in [-0.1, -0.05) is 19.9 Å². The van der Waals surface area contributed by atoms with Crippen molar-refractivity contribution in [3.8, 4) is 11.5 Å². The van der Waals surface area contributed by atoms with Gasteiger partial charge < -0.3 is 43.0 Å². The van der Waals surface area contributed by atoms with Gasteiger partial charge in [0.15, 0.2) is 5.75 Å². The number of carbonyl (C=O) groups excluding carboxylic acids is 4. The number of aromatic nitrogens is 2. The molecule has 1 unspecified atom stereocenters. The SMILES string of the molecule is CC(C)(C)OC(=O)NC(CN1CC(Oc2ccc(CCB3O[C@@H]4C[C@@H]5C[C@@H](C5(C)C)[C@]4(C)O3)c(OC(=O)OC(C)(C)C)c2C(=O)OC(C)(C)C)C1)c1cn(C(=O)OC(C)(C)C)cn1. The maximum absolute atomic E-state index is 14.2. The van der Waals surface area contributed by atoms with Crippen molar-refractivity contribution in [2.45, 2.75) is 176 Å². The Kier molecular flexibility index (Phi) is 13.2. The number of nitrogens with one attached hydrogen (secondary N) is 1. The van der Waals surface area contributed by atoms with E-state index in [2.05, 4.69) is 31.1 Å². The molecule has 2 bridgehead atoms. The zero-order chi connectivity index (χ0) is 46.7. The minimum atomic E-state index is -0.980. The van der Waals surface area contributed by atoms with Crippen LogP contribution in [0.25, 0.3) is 0 Å². The number of imidazole rings is 1. The van der Waals surface area contributed by atoms with E-state index in [9.17, 15) is 19.2 Å². The fraction of sp³-hybridized carbons (Fsp3) is 0.717. The second-order valence-corrected chi connectivity index (χ2v) is 22.3. The molecule has 3 aliphatic carbocycles. The number of hydrogen-bond donors (Lipinski definition) is 1. The molecule has 1 aromatic carbocycles. The molecule has 3 saturated carbocycles. The normalized spacial score (nSPS) is 24.0. The van der Waals surface area contributed by atoms with Gasteiger partial charge in [-0.15, -0.1) is 0 Å². The van der Waals surface area contributed by atoms with Crippen molar-refractivity contribution in [2.75, 3.05) is 19.6 Å². The number of rotatable bonds is 11. The van der Waals surface area contributed by atoms with E-state index in [1.54, 1.807) is 95.2 Å². The number of aryl methyl sites for hydroxylation is 1.